The fraction of sp³-hybridized carbons (Fsp3) is 0.280. The Morgan fingerprint density at radius 3 is 2.43 bits per heavy atom. The van der Waals surface area contributed by atoms with Crippen LogP contribution in [0.5, 0.6) is 11.5 Å². The van der Waals surface area contributed by atoms with Crippen LogP contribution in [0.2, 0.25) is 15.1 Å². The summed E-state index contributed by atoms with van der Waals surface area (Å²) in [6.45, 7) is -2.63. The van der Waals surface area contributed by atoms with Gasteiger partial charge in [0.15, 0.2) is 23.9 Å². The van der Waals surface area contributed by atoms with Gasteiger partial charge >= 0.3 is 11.9 Å². The summed E-state index contributed by atoms with van der Waals surface area (Å²) in [5.74, 6) is 0.425. The normalized spacial score (nSPS) is 13.6. The lowest BCUT2D eigenvalue weighted by atomic mass is 10.0. The maximum atomic E-state index is 13.0. The second-order valence-electron chi connectivity index (χ2n) is 8.09. The lowest BCUT2D eigenvalue weighted by Gasteiger charge is -2.21. The molecule has 1 heterocycles. The number of aromatic nitrogens is 1. The number of hydrogen-bond donors (Lipinski definition) is 0. The van der Waals surface area contributed by atoms with E-state index >= 15 is 0 Å². The van der Waals surface area contributed by atoms with E-state index in [1.165, 1.54) is 6.07 Å². The zero-order valence-electron chi connectivity index (χ0n) is 19.1. The summed E-state index contributed by atoms with van der Waals surface area (Å²) in [4.78, 5) is 16.3. The zero-order valence-corrected chi connectivity index (χ0v) is 22.2. The third-order valence-corrected chi connectivity index (χ3v) is 7.01. The number of hydrogen-bond acceptors (Lipinski definition) is 6. The van der Waals surface area contributed by atoms with Crippen LogP contribution in [0.1, 0.15) is 30.1 Å². The average Bonchev–Trinajstić information content (AvgIpc) is 3.64. The molecule has 1 fully saturated rings. The SMILES string of the molecule is O=C(O[C@@H](Cc1c(Cl)c[nH+]cc1Cl)c1ccc(OC(F)F)c(OCC2CC2)c1)Sc1cccc(Cl)c1.[OH-]. The van der Waals surface area contributed by atoms with Gasteiger partial charge in [-0.3, -0.25) is 0 Å². The molecule has 1 saturated carbocycles. The van der Waals surface area contributed by atoms with Crippen LogP contribution in [-0.4, -0.2) is 24.0 Å². The summed E-state index contributed by atoms with van der Waals surface area (Å²) in [6.07, 6.45) is 4.44. The molecule has 0 aliphatic heterocycles. The molecule has 0 amide bonds. The molecule has 37 heavy (non-hydrogen) atoms. The Morgan fingerprint density at radius 2 is 1.78 bits per heavy atom. The van der Waals surface area contributed by atoms with Gasteiger partial charge in [0.05, 0.1) is 6.61 Å². The van der Waals surface area contributed by atoms with E-state index in [-0.39, 0.29) is 23.4 Å². The highest BCUT2D eigenvalue weighted by atomic mass is 35.5. The Hall–Kier alpha value is -2.30. The molecule has 0 spiro atoms. The third kappa shape index (κ3) is 8.61. The van der Waals surface area contributed by atoms with Gasteiger partial charge < -0.3 is 19.7 Å². The van der Waals surface area contributed by atoms with Crippen molar-refractivity contribution in [3.05, 3.63) is 81.1 Å². The van der Waals surface area contributed by atoms with Gasteiger partial charge in [-0.2, -0.15) is 8.78 Å². The van der Waals surface area contributed by atoms with Crippen LogP contribution in [0, 0.1) is 5.92 Å². The van der Waals surface area contributed by atoms with Gasteiger partial charge in [-0.25, -0.2) is 9.78 Å². The minimum absolute atomic E-state index is 0. The molecule has 1 aromatic heterocycles. The van der Waals surface area contributed by atoms with E-state index in [1.807, 2.05) is 0 Å². The van der Waals surface area contributed by atoms with Crippen LogP contribution >= 0.6 is 46.6 Å². The molecule has 1 atom stereocenters. The van der Waals surface area contributed by atoms with Crippen LogP contribution in [0.25, 0.3) is 0 Å². The number of nitrogens with one attached hydrogen (secondary N) is 1. The number of H-pyrrole nitrogens is 1. The molecule has 198 valence electrons. The first-order chi connectivity index (χ1) is 17.3. The number of rotatable bonds is 10. The molecule has 0 unspecified atom stereocenters. The summed E-state index contributed by atoms with van der Waals surface area (Å²) in [5, 5.41) is 0.601. The second kappa shape index (κ2) is 13.5. The lowest BCUT2D eigenvalue weighted by molar-refractivity contribution is -0.377. The Bertz CT molecular complexity index is 1210. The molecule has 3 aromatic rings. The number of alkyl halides is 2. The smallest absolute Gasteiger partial charge is 0.387 e. The van der Waals surface area contributed by atoms with Crippen molar-refractivity contribution >= 4 is 51.9 Å². The van der Waals surface area contributed by atoms with Crippen LogP contribution in [0.3, 0.4) is 0 Å². The molecule has 12 heteroatoms. The largest absolute Gasteiger partial charge is 0.870 e. The fourth-order valence-electron chi connectivity index (χ4n) is 3.37. The summed E-state index contributed by atoms with van der Waals surface area (Å²) in [7, 11) is 0. The molecule has 2 N–H and O–H groups in total. The van der Waals surface area contributed by atoms with Crippen molar-refractivity contribution in [3.63, 3.8) is 0 Å². The first-order valence-corrected chi connectivity index (χ1v) is 12.9. The van der Waals surface area contributed by atoms with E-state index in [0.717, 1.165) is 24.6 Å². The van der Waals surface area contributed by atoms with Crippen molar-refractivity contribution in [2.24, 2.45) is 5.92 Å². The summed E-state index contributed by atoms with van der Waals surface area (Å²) < 4.78 is 42.2. The van der Waals surface area contributed by atoms with Crippen molar-refractivity contribution in [3.8, 4) is 11.5 Å². The molecule has 2 aromatic carbocycles. The second-order valence-corrected chi connectivity index (χ2v) is 10.3. The van der Waals surface area contributed by atoms with Crippen molar-refractivity contribution in [1.82, 2.24) is 0 Å². The number of pyridine rings is 1. The average molecular weight is 593 g/mol. The first-order valence-electron chi connectivity index (χ1n) is 11.0. The number of thioether (sulfide) groups is 1. The van der Waals surface area contributed by atoms with Crippen LogP contribution in [0.15, 0.2) is 59.8 Å². The van der Waals surface area contributed by atoms with E-state index in [2.05, 4.69) is 9.72 Å². The highest BCUT2D eigenvalue weighted by molar-refractivity contribution is 8.13. The molecule has 1 aliphatic carbocycles. The van der Waals surface area contributed by atoms with Crippen molar-refractivity contribution in [1.29, 1.82) is 0 Å². The zero-order chi connectivity index (χ0) is 25.7. The first kappa shape index (κ1) is 29.3. The van der Waals surface area contributed by atoms with Crippen molar-refractivity contribution < 1.29 is 38.2 Å². The number of aromatic amines is 1. The predicted octanol–water partition coefficient (Wildman–Crippen LogP) is 7.89. The fourth-order valence-corrected chi connectivity index (χ4v) is 4.85. The van der Waals surface area contributed by atoms with E-state index in [4.69, 9.17) is 44.3 Å². The number of ether oxygens (including phenoxy) is 3. The van der Waals surface area contributed by atoms with Gasteiger partial charge in [0.1, 0.15) is 16.1 Å². The molecule has 0 radical (unpaired) electrons. The summed E-state index contributed by atoms with van der Waals surface area (Å²) in [5.41, 5.74) is 1.05. The number of carbonyl (C=O) groups is 1. The lowest BCUT2D eigenvalue weighted by Crippen LogP contribution is -2.14. The number of benzene rings is 2. The maximum Gasteiger partial charge on any atom is 0.387 e. The maximum absolute atomic E-state index is 13.0. The highest BCUT2D eigenvalue weighted by Crippen LogP contribution is 2.38. The minimum atomic E-state index is -3.01. The van der Waals surface area contributed by atoms with Gasteiger partial charge in [-0.1, -0.05) is 46.9 Å². The van der Waals surface area contributed by atoms with Gasteiger partial charge in [0.2, 0.25) is 0 Å². The summed E-state index contributed by atoms with van der Waals surface area (Å²) >= 11 is 19.6. The molecular formula is C25H22Cl3F2NO5S. The number of carbonyl (C=O) groups excluding carboxylic acids is 1. The quantitative estimate of drug-likeness (QED) is 0.176. The van der Waals surface area contributed by atoms with E-state index < -0.39 is 18.0 Å². The van der Waals surface area contributed by atoms with E-state index in [9.17, 15) is 13.6 Å². The minimum Gasteiger partial charge on any atom is -0.870 e. The van der Waals surface area contributed by atoms with Gasteiger partial charge in [-0.15, -0.1) is 0 Å². The molecule has 0 bridgehead atoms. The number of halogens is 5. The van der Waals surface area contributed by atoms with Crippen LogP contribution in [-0.2, 0) is 11.2 Å². The Morgan fingerprint density at radius 1 is 1.05 bits per heavy atom. The summed E-state index contributed by atoms with van der Waals surface area (Å²) in [6, 6.07) is 11.2. The topological polar surface area (TPSA) is 88.9 Å². The standard InChI is InChI=1S/C25H20Cl3F2NO4S.H2O/c26-16-2-1-3-17(9-16)36-25(32)35-22(10-18-19(27)11-31-12-20(18)28)15-6-7-21(34-24(29)30)23(8-15)33-13-14-4-5-14;/h1-3,6-9,11-12,14,22,24H,4-5,10,13H2;1H2/t22-;/m0./s1. The van der Waals surface area contributed by atoms with Crippen LogP contribution < -0.4 is 14.5 Å². The molecule has 4 rings (SSSR count). The van der Waals surface area contributed by atoms with Gasteiger partial charge in [-0.05, 0) is 66.4 Å². The van der Waals surface area contributed by atoms with E-state index in [0.29, 0.717) is 43.6 Å². The molecule has 6 nitrogen and oxygen atoms in total. The Kier molecular flexibility index (Phi) is 10.7. The Balaban J connectivity index is 0.00000380. The van der Waals surface area contributed by atoms with Crippen molar-refractivity contribution in [2.45, 2.75) is 36.9 Å². The monoisotopic (exact) mass is 591 g/mol. The molecular weight excluding hydrogens is 571 g/mol. The van der Waals surface area contributed by atoms with Gasteiger partial charge in [0.25, 0.3) is 0 Å². The van der Waals surface area contributed by atoms with Crippen molar-refractivity contribution in [2.75, 3.05) is 6.61 Å². The highest BCUT2D eigenvalue weighted by Gasteiger charge is 2.26. The Labute approximate surface area is 231 Å². The van der Waals surface area contributed by atoms with E-state index in [1.54, 1.807) is 48.8 Å². The molecule has 1 aliphatic rings. The predicted molar refractivity (Wildman–Crippen MR) is 136 cm³/mol. The molecule has 0 saturated heterocycles. The third-order valence-electron chi connectivity index (χ3n) is 5.35. The van der Waals surface area contributed by atoms with Gasteiger partial charge in [0, 0.05) is 21.9 Å². The van der Waals surface area contributed by atoms with Crippen LogP contribution in [0.4, 0.5) is 13.6 Å².